The predicted molar refractivity (Wildman–Crippen MR) is 140 cm³/mol. The number of rotatable bonds is 6. The first-order chi connectivity index (χ1) is 15.2. The van der Waals surface area contributed by atoms with Crippen molar-refractivity contribution in [1.82, 2.24) is 15.5 Å². The first-order valence-electron chi connectivity index (χ1n) is 12.2. The molecular weight excluding hydrogens is 515 g/mol. The number of amides is 1. The maximum Gasteiger partial charge on any atom is 0.225 e. The number of hydrogen-bond acceptors (Lipinski definition) is 3. The molecule has 1 aromatic carbocycles. The van der Waals surface area contributed by atoms with E-state index in [0.29, 0.717) is 18.6 Å². The third kappa shape index (κ3) is 6.99. The third-order valence-corrected chi connectivity index (χ3v) is 6.98. The van der Waals surface area contributed by atoms with Gasteiger partial charge in [0.2, 0.25) is 5.91 Å². The molecule has 1 heterocycles. The molecule has 6 nitrogen and oxygen atoms in total. The molecule has 0 radical (unpaired) electrons. The molecule has 1 unspecified atom stereocenters. The zero-order chi connectivity index (χ0) is 21.5. The van der Waals surface area contributed by atoms with Crippen LogP contribution >= 0.6 is 24.0 Å². The van der Waals surface area contributed by atoms with E-state index in [-0.39, 0.29) is 35.9 Å². The summed E-state index contributed by atoms with van der Waals surface area (Å²) in [4.78, 5) is 19.1. The molecule has 1 saturated heterocycles. The Balaban J connectivity index is 0.00000289. The molecule has 1 atom stereocenters. The number of ether oxygens (including phenoxy) is 1. The molecule has 1 aliphatic heterocycles. The van der Waals surface area contributed by atoms with E-state index in [1.807, 2.05) is 4.90 Å². The Morgan fingerprint density at radius 1 is 1.09 bits per heavy atom. The monoisotopic (exact) mass is 554 g/mol. The van der Waals surface area contributed by atoms with Crippen LogP contribution in [-0.4, -0.2) is 49.0 Å². The molecule has 7 heteroatoms. The third-order valence-electron chi connectivity index (χ3n) is 6.98. The summed E-state index contributed by atoms with van der Waals surface area (Å²) >= 11 is 0. The summed E-state index contributed by atoms with van der Waals surface area (Å²) < 4.78 is 6.20. The molecule has 3 aliphatic rings. The summed E-state index contributed by atoms with van der Waals surface area (Å²) in [6.45, 7) is 2.32. The van der Waals surface area contributed by atoms with E-state index in [9.17, 15) is 4.79 Å². The standard InChI is InChI=1S/C25H38N4O2.HI/c1-26-25(28-21-14-15-29(18-21)24(30)20-9-5-6-10-20)27-17-19-8-7-13-23(16-19)31-22-11-3-2-4-12-22;/h7-8,13,16,20-22H,2-6,9-12,14-15,17-18H2,1H3,(H2,26,27,28);1H. The van der Waals surface area contributed by atoms with Crippen molar-refractivity contribution in [2.75, 3.05) is 20.1 Å². The van der Waals surface area contributed by atoms with Crippen LogP contribution in [0.1, 0.15) is 69.8 Å². The average Bonchev–Trinajstić information content (AvgIpc) is 3.50. The lowest BCUT2D eigenvalue weighted by molar-refractivity contribution is -0.134. The Morgan fingerprint density at radius 3 is 2.59 bits per heavy atom. The smallest absolute Gasteiger partial charge is 0.225 e. The highest BCUT2D eigenvalue weighted by Gasteiger charge is 2.32. The lowest BCUT2D eigenvalue weighted by Gasteiger charge is -2.23. The number of nitrogens with zero attached hydrogens (tertiary/aromatic N) is 2. The molecule has 0 aromatic heterocycles. The molecule has 3 fully saturated rings. The van der Waals surface area contributed by atoms with Gasteiger partial charge in [-0.3, -0.25) is 9.79 Å². The van der Waals surface area contributed by atoms with Crippen molar-refractivity contribution in [2.24, 2.45) is 10.9 Å². The molecule has 0 bridgehead atoms. The number of halogens is 1. The van der Waals surface area contributed by atoms with Crippen molar-refractivity contribution in [2.45, 2.75) is 82.9 Å². The van der Waals surface area contributed by atoms with Gasteiger partial charge in [-0.2, -0.15) is 0 Å². The Hall–Kier alpha value is -1.51. The fraction of sp³-hybridized carbons (Fsp3) is 0.680. The summed E-state index contributed by atoms with van der Waals surface area (Å²) in [7, 11) is 1.80. The second kappa shape index (κ2) is 12.7. The van der Waals surface area contributed by atoms with E-state index in [2.05, 4.69) is 39.9 Å². The Kier molecular flexibility index (Phi) is 9.93. The second-order valence-corrected chi connectivity index (χ2v) is 9.35. The van der Waals surface area contributed by atoms with E-state index in [0.717, 1.165) is 44.1 Å². The average molecular weight is 555 g/mol. The SMILES string of the molecule is CN=C(NCc1cccc(OC2CCCCC2)c1)NC1CCN(C(=O)C2CCCC2)C1.I. The molecule has 1 aromatic rings. The van der Waals surface area contributed by atoms with E-state index < -0.39 is 0 Å². The van der Waals surface area contributed by atoms with Gasteiger partial charge >= 0.3 is 0 Å². The number of likely N-dealkylation sites (tertiary alicyclic amines) is 1. The van der Waals surface area contributed by atoms with Crippen molar-refractivity contribution >= 4 is 35.8 Å². The summed E-state index contributed by atoms with van der Waals surface area (Å²) in [5.41, 5.74) is 1.18. The van der Waals surface area contributed by atoms with E-state index in [1.165, 1.54) is 50.5 Å². The maximum absolute atomic E-state index is 12.7. The second-order valence-electron chi connectivity index (χ2n) is 9.35. The highest BCUT2D eigenvalue weighted by Crippen LogP contribution is 2.28. The van der Waals surface area contributed by atoms with Crippen molar-refractivity contribution < 1.29 is 9.53 Å². The fourth-order valence-corrected chi connectivity index (χ4v) is 5.19. The van der Waals surface area contributed by atoms with Crippen LogP contribution in [0.4, 0.5) is 0 Å². The van der Waals surface area contributed by atoms with Crippen molar-refractivity contribution in [3.63, 3.8) is 0 Å². The van der Waals surface area contributed by atoms with Gasteiger partial charge in [-0.25, -0.2) is 0 Å². The Bertz CT molecular complexity index is 760. The highest BCUT2D eigenvalue weighted by atomic mass is 127. The van der Waals surface area contributed by atoms with Crippen LogP contribution in [0.2, 0.25) is 0 Å². The molecule has 1 amide bonds. The summed E-state index contributed by atoms with van der Waals surface area (Å²) in [5.74, 6) is 2.38. The topological polar surface area (TPSA) is 66.0 Å². The quantitative estimate of drug-likeness (QED) is 0.310. The fourth-order valence-electron chi connectivity index (χ4n) is 5.19. The van der Waals surface area contributed by atoms with Crippen molar-refractivity contribution in [3.05, 3.63) is 29.8 Å². The largest absolute Gasteiger partial charge is 0.490 e. The Morgan fingerprint density at radius 2 is 1.84 bits per heavy atom. The van der Waals surface area contributed by atoms with E-state index in [1.54, 1.807) is 7.05 Å². The van der Waals surface area contributed by atoms with Gasteiger partial charge < -0.3 is 20.3 Å². The van der Waals surface area contributed by atoms with Gasteiger partial charge in [0.1, 0.15) is 5.75 Å². The first kappa shape index (κ1) is 25.1. The lowest BCUT2D eigenvalue weighted by Crippen LogP contribution is -2.45. The number of benzene rings is 1. The van der Waals surface area contributed by atoms with Gasteiger partial charge in [-0.15, -0.1) is 24.0 Å². The number of hydrogen-bond donors (Lipinski definition) is 2. The van der Waals surface area contributed by atoms with Crippen LogP contribution in [0.25, 0.3) is 0 Å². The normalized spacial score (nSPS) is 22.5. The molecule has 2 N–H and O–H groups in total. The number of guanidine groups is 1. The molecule has 32 heavy (non-hydrogen) atoms. The predicted octanol–water partition coefficient (Wildman–Crippen LogP) is 4.47. The number of carbonyl (C=O) groups excluding carboxylic acids is 1. The maximum atomic E-state index is 12.7. The van der Waals surface area contributed by atoms with Gasteiger partial charge in [-0.1, -0.05) is 31.4 Å². The number of aliphatic imine (C=N–C) groups is 1. The minimum absolute atomic E-state index is 0. The molecule has 2 saturated carbocycles. The van der Waals surface area contributed by atoms with E-state index in [4.69, 9.17) is 4.74 Å². The van der Waals surface area contributed by atoms with Crippen LogP contribution in [0.15, 0.2) is 29.3 Å². The summed E-state index contributed by atoms with van der Waals surface area (Å²) in [6, 6.07) is 8.63. The van der Waals surface area contributed by atoms with Crippen molar-refractivity contribution in [1.29, 1.82) is 0 Å². The minimum Gasteiger partial charge on any atom is -0.490 e. The van der Waals surface area contributed by atoms with Gasteiger partial charge in [0.25, 0.3) is 0 Å². The van der Waals surface area contributed by atoms with Crippen LogP contribution in [0, 0.1) is 5.92 Å². The molecule has 2 aliphatic carbocycles. The van der Waals surface area contributed by atoms with E-state index >= 15 is 0 Å². The summed E-state index contributed by atoms with van der Waals surface area (Å²) in [5, 5.41) is 6.93. The number of carbonyl (C=O) groups is 1. The minimum atomic E-state index is 0. The lowest BCUT2D eigenvalue weighted by atomic mass is 9.98. The van der Waals surface area contributed by atoms with Crippen molar-refractivity contribution in [3.8, 4) is 5.75 Å². The van der Waals surface area contributed by atoms with Crippen LogP contribution in [-0.2, 0) is 11.3 Å². The first-order valence-corrected chi connectivity index (χ1v) is 12.2. The van der Waals surface area contributed by atoms with Crippen LogP contribution < -0.4 is 15.4 Å². The van der Waals surface area contributed by atoms with Gasteiger partial charge in [-0.05, 0) is 62.6 Å². The molecular formula is C25H39IN4O2. The molecule has 4 rings (SSSR count). The molecule has 178 valence electrons. The highest BCUT2D eigenvalue weighted by molar-refractivity contribution is 14.0. The van der Waals surface area contributed by atoms with Gasteiger partial charge in [0.15, 0.2) is 5.96 Å². The van der Waals surface area contributed by atoms with Crippen LogP contribution in [0.3, 0.4) is 0 Å². The zero-order valence-electron chi connectivity index (χ0n) is 19.4. The van der Waals surface area contributed by atoms with Gasteiger partial charge in [0, 0.05) is 38.6 Å². The number of nitrogens with one attached hydrogen (secondary N) is 2. The molecule has 0 spiro atoms. The van der Waals surface area contributed by atoms with Crippen LogP contribution in [0.5, 0.6) is 5.75 Å². The Labute approximate surface area is 210 Å². The zero-order valence-corrected chi connectivity index (χ0v) is 21.7. The van der Waals surface area contributed by atoms with Gasteiger partial charge in [0.05, 0.1) is 6.10 Å². The summed E-state index contributed by atoms with van der Waals surface area (Å²) in [6.07, 6.45) is 12.1.